The van der Waals surface area contributed by atoms with Crippen molar-refractivity contribution in [3.63, 3.8) is 0 Å². The molecule has 0 aromatic heterocycles. The normalized spacial score (nSPS) is 19.2. The van der Waals surface area contributed by atoms with Crippen molar-refractivity contribution in [1.29, 1.82) is 0 Å². The number of nitrogens with one attached hydrogen (secondary N) is 3. The van der Waals surface area contributed by atoms with Crippen LogP contribution in [-0.2, 0) is 33.6 Å². The summed E-state index contributed by atoms with van der Waals surface area (Å²) in [5.41, 5.74) is 0. The first kappa shape index (κ1) is 50.4. The molecule has 0 spiro atoms. The molecule has 2 aliphatic rings. The van der Waals surface area contributed by atoms with Gasteiger partial charge in [0.2, 0.25) is 23.6 Å². The van der Waals surface area contributed by atoms with E-state index in [1.165, 1.54) is 11.8 Å². The molecule has 0 bridgehead atoms. The topological polar surface area (TPSA) is 273 Å². The van der Waals surface area contributed by atoms with Crippen LogP contribution in [0.4, 0.5) is 0 Å². The first-order valence-corrected chi connectivity index (χ1v) is 18.5. The van der Waals surface area contributed by atoms with Crippen LogP contribution in [0.15, 0.2) is 0 Å². The van der Waals surface area contributed by atoms with E-state index in [-0.39, 0.29) is 133 Å². The van der Waals surface area contributed by atoms with E-state index < -0.39 is 54.9 Å². The minimum absolute atomic E-state index is 0. The molecule has 2 rings (SSSR count). The molecular weight excluding hydrogens is 886 g/mol. The standard InChI is InChI=1S/C33H59BN8O12.Lu/c1-23(2)31(32(51)36-24(3)33(52)42-10-6-7-25(42)34(53)54)37-26(43)8-4-5-9-35-27(44)19-38-11-13-39(20-28(45)46)15-17-41(22-30(49)50)18-16-40(14-12-38)21-29(47)48;/h23-25,31,53-54H,4-22H2,1-3H3,(H,35,44)(H,36,51)(H,37,43)(H,45,46)(H,47,48)(H,49,50);/t24-,25+,31+;/m1./s1. The Morgan fingerprint density at radius 1 is 0.655 bits per heavy atom. The number of carbonyl (C=O) groups is 7. The molecule has 0 aliphatic carbocycles. The van der Waals surface area contributed by atoms with Gasteiger partial charge in [-0.1, -0.05) is 13.8 Å². The van der Waals surface area contributed by atoms with Crippen LogP contribution in [0.5, 0.6) is 0 Å². The zero-order chi connectivity index (χ0) is 40.4. The summed E-state index contributed by atoms with van der Waals surface area (Å²) in [7, 11) is -1.68. The number of aliphatic carboxylic acids is 3. The summed E-state index contributed by atoms with van der Waals surface area (Å²) in [6, 6.07) is -1.85. The average Bonchev–Trinajstić information content (AvgIpc) is 3.57. The Labute approximate surface area is 351 Å². The van der Waals surface area contributed by atoms with Crippen molar-refractivity contribution in [2.45, 2.75) is 70.9 Å². The van der Waals surface area contributed by atoms with Crippen molar-refractivity contribution in [3.8, 4) is 0 Å². The number of unbranched alkanes of at least 4 members (excludes halogenated alkanes) is 1. The number of carboxylic acid groups (broad SMARTS) is 3. The Bertz CT molecular complexity index is 1250. The molecule has 20 nitrogen and oxygen atoms in total. The molecular formula is C33H59BLuN8O12. The maximum absolute atomic E-state index is 13.0. The minimum Gasteiger partial charge on any atom is -0.480 e. The van der Waals surface area contributed by atoms with Crippen LogP contribution in [0, 0.1) is 42.8 Å². The van der Waals surface area contributed by atoms with Crippen LogP contribution in [0.2, 0.25) is 0 Å². The number of amides is 4. The number of hydrogen-bond donors (Lipinski definition) is 8. The second kappa shape index (κ2) is 26.3. The van der Waals surface area contributed by atoms with Crippen LogP contribution in [-0.4, -0.2) is 208 Å². The van der Waals surface area contributed by atoms with Gasteiger partial charge in [-0.05, 0) is 38.5 Å². The van der Waals surface area contributed by atoms with Gasteiger partial charge in [-0.15, -0.1) is 0 Å². The molecule has 8 N–H and O–H groups in total. The maximum Gasteiger partial charge on any atom is 0.475 e. The number of rotatable bonds is 19. The van der Waals surface area contributed by atoms with Gasteiger partial charge in [-0.25, -0.2) is 0 Å². The molecule has 4 amide bonds. The van der Waals surface area contributed by atoms with Crippen molar-refractivity contribution < 1.29 is 95.8 Å². The maximum atomic E-state index is 13.0. The molecule has 0 saturated carbocycles. The van der Waals surface area contributed by atoms with Crippen molar-refractivity contribution in [3.05, 3.63) is 0 Å². The zero-order valence-electron chi connectivity index (χ0n) is 31.9. The summed E-state index contributed by atoms with van der Waals surface area (Å²) in [4.78, 5) is 94.1. The number of hydrogen-bond acceptors (Lipinski definition) is 13. The van der Waals surface area contributed by atoms with Crippen molar-refractivity contribution >= 4 is 48.7 Å². The number of likely N-dealkylation sites (tertiary alicyclic amines) is 1. The summed E-state index contributed by atoms with van der Waals surface area (Å²) in [6.45, 7) is 7.06. The molecule has 3 atom stereocenters. The van der Waals surface area contributed by atoms with E-state index in [4.69, 9.17) is 0 Å². The number of nitrogens with zero attached hydrogens (tertiary/aromatic N) is 5. The monoisotopic (exact) mass is 945 g/mol. The molecule has 2 saturated heterocycles. The zero-order valence-corrected chi connectivity index (χ0v) is 33.6. The Hall–Kier alpha value is -2.65. The largest absolute Gasteiger partial charge is 0.480 e. The summed E-state index contributed by atoms with van der Waals surface area (Å²) in [5.74, 6) is -5.81. The molecule has 2 fully saturated rings. The summed E-state index contributed by atoms with van der Waals surface area (Å²) in [5, 5.41) is 55.5. The van der Waals surface area contributed by atoms with Crippen LogP contribution in [0.1, 0.15) is 52.9 Å². The minimum atomic E-state index is -1.68. The Morgan fingerprint density at radius 2 is 1.11 bits per heavy atom. The average molecular weight is 946 g/mol. The molecule has 0 aromatic rings. The van der Waals surface area contributed by atoms with E-state index in [1.807, 2.05) is 4.90 Å². The van der Waals surface area contributed by atoms with Gasteiger partial charge < -0.3 is 46.2 Å². The van der Waals surface area contributed by atoms with E-state index in [2.05, 4.69) is 16.0 Å². The fraction of sp³-hybridized carbons (Fsp3) is 0.788. The van der Waals surface area contributed by atoms with E-state index in [9.17, 15) is 58.9 Å². The van der Waals surface area contributed by atoms with E-state index >= 15 is 0 Å². The van der Waals surface area contributed by atoms with Crippen LogP contribution in [0.3, 0.4) is 0 Å². The Morgan fingerprint density at radius 3 is 1.53 bits per heavy atom. The number of carboxylic acids is 3. The third-order valence-corrected chi connectivity index (χ3v) is 9.45. The first-order valence-electron chi connectivity index (χ1n) is 18.5. The third kappa shape index (κ3) is 19.9. The van der Waals surface area contributed by atoms with Crippen LogP contribution in [0.25, 0.3) is 0 Å². The van der Waals surface area contributed by atoms with Gasteiger partial charge in [-0.2, -0.15) is 0 Å². The Balaban J connectivity index is 0.0000151. The second-order valence-electron chi connectivity index (χ2n) is 14.3. The molecule has 22 heteroatoms. The van der Waals surface area contributed by atoms with E-state index in [0.717, 1.165) is 0 Å². The summed E-state index contributed by atoms with van der Waals surface area (Å²) in [6.07, 6.45) is 2.01. The fourth-order valence-electron chi connectivity index (χ4n) is 6.45. The van der Waals surface area contributed by atoms with Crippen LogP contribution < -0.4 is 16.0 Å². The summed E-state index contributed by atoms with van der Waals surface area (Å²) < 4.78 is 0. The predicted molar refractivity (Wildman–Crippen MR) is 195 cm³/mol. The fourth-order valence-corrected chi connectivity index (χ4v) is 6.45. The van der Waals surface area contributed by atoms with Crippen molar-refractivity contribution in [1.82, 2.24) is 40.4 Å². The van der Waals surface area contributed by atoms with Crippen molar-refractivity contribution in [2.75, 3.05) is 91.6 Å². The van der Waals surface area contributed by atoms with Gasteiger partial charge in [0.25, 0.3) is 0 Å². The van der Waals surface area contributed by atoms with E-state index in [0.29, 0.717) is 45.3 Å². The molecule has 1 radical (unpaired) electrons. The van der Waals surface area contributed by atoms with Crippen molar-refractivity contribution in [2.24, 2.45) is 5.92 Å². The van der Waals surface area contributed by atoms with Gasteiger partial charge in [0, 0.05) is 109 Å². The smallest absolute Gasteiger partial charge is 0.475 e. The quantitative estimate of drug-likeness (QED) is 0.0459. The van der Waals surface area contributed by atoms with Gasteiger partial charge in [-0.3, -0.25) is 53.2 Å². The molecule has 2 heterocycles. The predicted octanol–water partition coefficient (Wildman–Crippen LogP) is -3.60. The summed E-state index contributed by atoms with van der Waals surface area (Å²) >= 11 is 0. The molecule has 2 aliphatic heterocycles. The molecule has 0 aromatic carbocycles. The molecule has 0 unspecified atom stereocenters. The second-order valence-corrected chi connectivity index (χ2v) is 14.3. The first-order chi connectivity index (χ1) is 25.5. The van der Waals surface area contributed by atoms with Crippen LogP contribution >= 0.6 is 0 Å². The SMILES string of the molecule is CC(C)[C@H](NC(=O)CCCCNC(=O)CN1CCN(CC(=O)O)CCN(CC(=O)O)CCN(CC(=O)O)CC1)C(=O)N[C@H](C)C(=O)N1CCC[C@H]1B(O)O.[Lu]. The molecule has 321 valence electrons. The van der Waals surface area contributed by atoms with Gasteiger partial charge in [0.1, 0.15) is 12.1 Å². The van der Waals surface area contributed by atoms with Gasteiger partial charge in [0.15, 0.2) is 0 Å². The van der Waals surface area contributed by atoms with E-state index in [1.54, 1.807) is 28.5 Å². The van der Waals surface area contributed by atoms with Gasteiger partial charge in [0.05, 0.1) is 32.1 Å². The third-order valence-electron chi connectivity index (χ3n) is 9.45. The number of carbonyl (C=O) groups excluding carboxylic acids is 4. The van der Waals surface area contributed by atoms with Gasteiger partial charge >= 0.3 is 25.0 Å². The Kier molecular flexibility index (Phi) is 24.1. The molecule has 55 heavy (non-hydrogen) atoms.